The SMILES string of the molecule is Cc1cc(C)c(-c2cc(-c3ccccc3)c(-c3cccc(-c4[n-]c(-c5c(C)cc(C)cc5C)cc4-c4ccccc4)n3)[n-]2)c(C)c1.Cc1cc(C)c(-c2cc(-c3ccccc3)c(-c3cccc(-c4[n-]c(-c5c(C)cc(C)cc5C)cc4-c4ccccc4)n3)[n-]2)c(C)c1.[Zr+4]. The van der Waals surface area contributed by atoms with Crippen molar-refractivity contribution in [2.75, 3.05) is 0 Å². The Morgan fingerprint density at radius 2 is 0.398 bits per heavy atom. The van der Waals surface area contributed by atoms with Crippen molar-refractivity contribution in [3.05, 3.63) is 297 Å². The van der Waals surface area contributed by atoms with E-state index < -0.39 is 0 Å². The molecule has 14 aromatic rings. The molecule has 6 nitrogen and oxygen atoms in total. The fourth-order valence-corrected chi connectivity index (χ4v) is 14.0. The van der Waals surface area contributed by atoms with Crippen LogP contribution in [0.1, 0.15) is 66.8 Å². The fourth-order valence-electron chi connectivity index (χ4n) is 14.0. The van der Waals surface area contributed by atoms with Gasteiger partial charge in [-0.1, -0.05) is 229 Å². The Bertz CT molecular complexity index is 4320. The number of aromatic nitrogens is 6. The first kappa shape index (κ1) is 63.2. The van der Waals surface area contributed by atoms with E-state index in [0.29, 0.717) is 0 Å². The summed E-state index contributed by atoms with van der Waals surface area (Å²) in [6, 6.07) is 81.2. The second-order valence-corrected chi connectivity index (χ2v) is 25.0. The summed E-state index contributed by atoms with van der Waals surface area (Å²) < 4.78 is 0. The molecule has 0 bridgehead atoms. The van der Waals surface area contributed by atoms with Crippen LogP contribution >= 0.6 is 0 Å². The number of pyridine rings is 2. The Labute approximate surface area is 567 Å². The first-order valence-corrected chi connectivity index (χ1v) is 31.7. The molecular formula is C86H74N6Zr. The van der Waals surface area contributed by atoms with E-state index in [4.69, 9.17) is 29.9 Å². The molecule has 0 spiro atoms. The predicted molar refractivity (Wildman–Crippen MR) is 384 cm³/mol. The molecule has 0 amide bonds. The number of benzene rings is 8. The summed E-state index contributed by atoms with van der Waals surface area (Å²) in [6.07, 6.45) is 0. The summed E-state index contributed by atoms with van der Waals surface area (Å²) >= 11 is 0. The normalized spacial score (nSPS) is 11.1. The van der Waals surface area contributed by atoms with E-state index in [1.165, 1.54) is 89.0 Å². The van der Waals surface area contributed by atoms with Crippen molar-refractivity contribution < 1.29 is 26.2 Å². The minimum Gasteiger partial charge on any atom is -0.655 e. The van der Waals surface area contributed by atoms with Crippen molar-refractivity contribution in [3.63, 3.8) is 0 Å². The van der Waals surface area contributed by atoms with E-state index in [-0.39, 0.29) is 26.2 Å². The molecule has 6 heterocycles. The molecule has 0 aliphatic heterocycles. The summed E-state index contributed by atoms with van der Waals surface area (Å²) in [4.78, 5) is 31.8. The fraction of sp³-hybridized carbons (Fsp3) is 0.140. The van der Waals surface area contributed by atoms with Gasteiger partial charge >= 0.3 is 26.2 Å². The van der Waals surface area contributed by atoms with E-state index in [1.807, 2.05) is 0 Å². The summed E-state index contributed by atoms with van der Waals surface area (Å²) in [7, 11) is 0. The molecule has 0 aliphatic rings. The molecule has 452 valence electrons. The number of aryl methyl sites for hydroxylation is 12. The zero-order valence-corrected chi connectivity index (χ0v) is 57.6. The Kier molecular flexibility index (Phi) is 18.2. The van der Waals surface area contributed by atoms with E-state index >= 15 is 0 Å². The molecule has 93 heavy (non-hydrogen) atoms. The van der Waals surface area contributed by atoms with Crippen molar-refractivity contribution >= 4 is 0 Å². The quantitative estimate of drug-likeness (QED) is 0.121. The number of hydrogen-bond acceptors (Lipinski definition) is 2. The molecule has 0 saturated heterocycles. The van der Waals surface area contributed by atoms with Crippen LogP contribution in [0.25, 0.3) is 135 Å². The Hall–Kier alpha value is -9.94. The molecular weight excluding hydrogens is 1210 g/mol. The first-order chi connectivity index (χ1) is 44.5. The van der Waals surface area contributed by atoms with Crippen molar-refractivity contribution in [2.45, 2.75) is 83.1 Å². The maximum atomic E-state index is 5.30. The summed E-state index contributed by atoms with van der Waals surface area (Å²) in [6.45, 7) is 26.0. The monoisotopic (exact) mass is 1280 g/mol. The Morgan fingerprint density at radius 3 is 0.581 bits per heavy atom. The van der Waals surface area contributed by atoms with Gasteiger partial charge in [-0.25, -0.2) is 0 Å². The van der Waals surface area contributed by atoms with Crippen LogP contribution in [0.3, 0.4) is 0 Å². The van der Waals surface area contributed by atoms with E-state index in [0.717, 1.165) is 113 Å². The van der Waals surface area contributed by atoms with Crippen molar-refractivity contribution in [1.29, 1.82) is 0 Å². The van der Waals surface area contributed by atoms with Gasteiger partial charge in [-0.3, -0.25) is 9.97 Å². The van der Waals surface area contributed by atoms with Crippen LogP contribution < -0.4 is 19.9 Å². The standard InChI is InChI=1S/2C43H37N3.Zr/c2*1-26-20-28(3)40(29(4)21-26)38-24-34(32-14-9-7-10-15-32)42(45-38)36-18-13-19-37(44-36)43-35(33-16-11-8-12-17-33)25-39(46-43)41-30(5)22-27(2)23-31(41)6;/h2*7-25H,1-6H3;/q2*-2;+4. The zero-order valence-electron chi connectivity index (χ0n) is 55.1. The van der Waals surface area contributed by atoms with Gasteiger partial charge in [0.05, 0.1) is 0 Å². The molecule has 0 saturated carbocycles. The molecule has 0 aliphatic carbocycles. The number of hydrogen-bond donors (Lipinski definition) is 0. The topological polar surface area (TPSA) is 82.2 Å². The van der Waals surface area contributed by atoms with Gasteiger partial charge in [0, 0.05) is 22.8 Å². The van der Waals surface area contributed by atoms with Crippen molar-refractivity contribution in [1.82, 2.24) is 29.9 Å². The largest absolute Gasteiger partial charge is 4.00 e. The van der Waals surface area contributed by atoms with Crippen molar-refractivity contribution in [3.8, 4) is 135 Å². The van der Waals surface area contributed by atoms with E-state index in [2.05, 4.69) is 314 Å². The molecule has 0 radical (unpaired) electrons. The predicted octanol–water partition coefficient (Wildman–Crippen LogP) is 21.7. The molecule has 8 aromatic carbocycles. The third-order valence-corrected chi connectivity index (χ3v) is 17.6. The minimum absolute atomic E-state index is 0. The van der Waals surface area contributed by atoms with Gasteiger partial charge in [0.25, 0.3) is 0 Å². The molecule has 0 unspecified atom stereocenters. The van der Waals surface area contributed by atoms with Crippen LogP contribution in [0.4, 0.5) is 0 Å². The molecule has 0 atom stereocenters. The number of rotatable bonds is 12. The van der Waals surface area contributed by atoms with Gasteiger partial charge in [0.15, 0.2) is 0 Å². The van der Waals surface area contributed by atoms with Gasteiger partial charge in [0.1, 0.15) is 0 Å². The Morgan fingerprint density at radius 1 is 0.215 bits per heavy atom. The van der Waals surface area contributed by atoms with E-state index in [9.17, 15) is 0 Å². The van der Waals surface area contributed by atoms with Gasteiger partial charge in [-0.15, -0.1) is 45.6 Å². The van der Waals surface area contributed by atoms with Crippen LogP contribution in [-0.4, -0.2) is 9.97 Å². The minimum atomic E-state index is 0. The second kappa shape index (κ2) is 26.7. The summed E-state index contributed by atoms with van der Waals surface area (Å²) in [5, 5.41) is 0. The number of nitrogens with zero attached hydrogens (tertiary/aromatic N) is 6. The molecule has 0 fully saturated rings. The second-order valence-electron chi connectivity index (χ2n) is 25.0. The van der Waals surface area contributed by atoms with Crippen LogP contribution in [0, 0.1) is 83.1 Å². The molecule has 14 rings (SSSR count). The Balaban J connectivity index is 0.000000177. The van der Waals surface area contributed by atoms with Gasteiger partial charge in [-0.05, 0) is 219 Å². The van der Waals surface area contributed by atoms with Crippen LogP contribution in [0.15, 0.2) is 231 Å². The maximum absolute atomic E-state index is 5.30. The summed E-state index contributed by atoms with van der Waals surface area (Å²) in [5.74, 6) is 0. The molecule has 0 N–H and O–H groups in total. The van der Waals surface area contributed by atoms with E-state index in [1.54, 1.807) is 0 Å². The molecule has 6 aromatic heterocycles. The van der Waals surface area contributed by atoms with Crippen LogP contribution in [0.5, 0.6) is 0 Å². The van der Waals surface area contributed by atoms with Crippen molar-refractivity contribution in [2.24, 2.45) is 0 Å². The van der Waals surface area contributed by atoms with Crippen LogP contribution in [-0.2, 0) is 26.2 Å². The maximum Gasteiger partial charge on any atom is 4.00 e. The zero-order chi connectivity index (χ0) is 63.9. The average Bonchev–Trinajstić information content (AvgIpc) is 1.65. The van der Waals surface area contributed by atoms with Gasteiger partial charge in [-0.2, -0.15) is 0 Å². The average molecular weight is 1280 g/mol. The third-order valence-electron chi connectivity index (χ3n) is 17.6. The van der Waals surface area contributed by atoms with Crippen LogP contribution in [0.2, 0.25) is 0 Å². The molecule has 7 heteroatoms. The summed E-state index contributed by atoms with van der Waals surface area (Å²) in [5.41, 5.74) is 39.1. The smallest absolute Gasteiger partial charge is 0.655 e. The first-order valence-electron chi connectivity index (χ1n) is 31.7. The van der Waals surface area contributed by atoms with Gasteiger partial charge < -0.3 is 19.9 Å². The third kappa shape index (κ3) is 12.9. The van der Waals surface area contributed by atoms with Gasteiger partial charge in [0.2, 0.25) is 0 Å².